The molecule has 0 aromatic heterocycles. The molecule has 0 aliphatic rings. The lowest BCUT2D eigenvalue weighted by molar-refractivity contribution is -0.385. The number of nitro benzene ring substituents is 1. The molecule has 0 saturated carbocycles. The van der Waals surface area contributed by atoms with Crippen molar-refractivity contribution in [2.24, 2.45) is 0 Å². The number of hydrogen-bond donors (Lipinski definition) is 1. The van der Waals surface area contributed by atoms with Gasteiger partial charge in [-0.25, -0.2) is 4.39 Å². The largest absolute Gasteiger partial charge is 0.398 e. The van der Waals surface area contributed by atoms with Gasteiger partial charge in [-0.2, -0.15) is 0 Å². The smallest absolute Gasteiger partial charge is 0.273 e. The van der Waals surface area contributed by atoms with Gasteiger partial charge in [0.2, 0.25) is 0 Å². The van der Waals surface area contributed by atoms with Gasteiger partial charge in [0.15, 0.2) is 0 Å². The predicted molar refractivity (Wildman–Crippen MR) is 78.5 cm³/mol. The summed E-state index contributed by atoms with van der Waals surface area (Å²) < 4.78 is 13.2. The Kier molecular flexibility index (Phi) is 4.46. The van der Waals surface area contributed by atoms with Crippen molar-refractivity contribution in [1.29, 1.82) is 0 Å². The summed E-state index contributed by atoms with van der Waals surface area (Å²) in [5, 5.41) is 11.4. The summed E-state index contributed by atoms with van der Waals surface area (Å²) in [6, 6.07) is 8.45. The van der Waals surface area contributed by atoms with E-state index in [9.17, 15) is 14.5 Å². The zero-order valence-electron chi connectivity index (χ0n) is 10.2. The second-order valence-corrected chi connectivity index (χ2v) is 5.37. The van der Waals surface area contributed by atoms with Gasteiger partial charge in [-0.1, -0.05) is 17.7 Å². The molecule has 0 aliphatic carbocycles. The lowest BCUT2D eigenvalue weighted by Gasteiger charge is -2.08. The molecule has 7 heteroatoms. The molecule has 0 aliphatic heterocycles. The number of nitro groups is 1. The average Bonchev–Trinajstić information content (AvgIpc) is 2.37. The number of rotatable bonds is 4. The molecule has 0 spiro atoms. The van der Waals surface area contributed by atoms with Gasteiger partial charge < -0.3 is 5.73 Å². The molecule has 0 radical (unpaired) electrons. The minimum atomic E-state index is -0.536. The van der Waals surface area contributed by atoms with Crippen molar-refractivity contribution >= 4 is 34.7 Å². The average molecular weight is 313 g/mol. The van der Waals surface area contributed by atoms with Crippen LogP contribution in [0.2, 0.25) is 5.02 Å². The third-order valence-electron chi connectivity index (χ3n) is 2.61. The van der Waals surface area contributed by atoms with Crippen LogP contribution in [0.25, 0.3) is 0 Å². The summed E-state index contributed by atoms with van der Waals surface area (Å²) >= 11 is 7.26. The van der Waals surface area contributed by atoms with E-state index >= 15 is 0 Å². The number of halogens is 2. The van der Waals surface area contributed by atoms with E-state index in [1.165, 1.54) is 11.8 Å². The van der Waals surface area contributed by atoms with E-state index < -0.39 is 10.7 Å². The minimum Gasteiger partial charge on any atom is -0.398 e. The van der Waals surface area contributed by atoms with Crippen LogP contribution < -0.4 is 5.73 Å². The maximum Gasteiger partial charge on any atom is 0.273 e. The first-order chi connectivity index (χ1) is 9.49. The van der Waals surface area contributed by atoms with Crippen LogP contribution in [0, 0.1) is 15.9 Å². The standard InChI is InChI=1S/C13H10ClFN2O2S/c14-10-2-1-3-11(16)13(10)20-7-8-6-9(15)4-5-12(8)17(18)19/h1-6H,7,16H2. The monoisotopic (exact) mass is 312 g/mol. The number of anilines is 1. The highest BCUT2D eigenvalue weighted by molar-refractivity contribution is 7.98. The third kappa shape index (κ3) is 3.20. The van der Waals surface area contributed by atoms with Crippen LogP contribution in [0.1, 0.15) is 5.56 Å². The normalized spacial score (nSPS) is 10.5. The Labute approximate surface area is 123 Å². The fourth-order valence-corrected chi connectivity index (χ4v) is 2.99. The van der Waals surface area contributed by atoms with Gasteiger partial charge in [0.25, 0.3) is 5.69 Å². The van der Waals surface area contributed by atoms with Gasteiger partial charge >= 0.3 is 0 Å². The number of thioether (sulfide) groups is 1. The Morgan fingerprint density at radius 1 is 1.35 bits per heavy atom. The Hall–Kier alpha value is -1.79. The first-order valence-electron chi connectivity index (χ1n) is 5.58. The summed E-state index contributed by atoms with van der Waals surface area (Å²) in [7, 11) is 0. The van der Waals surface area contributed by atoms with Crippen molar-refractivity contribution in [1.82, 2.24) is 0 Å². The SMILES string of the molecule is Nc1cccc(Cl)c1SCc1cc(F)ccc1[N+](=O)[O-]. The van der Waals surface area contributed by atoms with E-state index in [-0.39, 0.29) is 11.4 Å². The number of benzene rings is 2. The Bertz CT molecular complexity index is 647. The van der Waals surface area contributed by atoms with Crippen molar-refractivity contribution in [3.05, 3.63) is 62.9 Å². The molecule has 2 rings (SSSR count). The van der Waals surface area contributed by atoms with Gasteiger partial charge in [-0.05, 0) is 24.3 Å². The zero-order chi connectivity index (χ0) is 14.7. The lowest BCUT2D eigenvalue weighted by atomic mass is 10.2. The van der Waals surface area contributed by atoms with E-state index in [0.717, 1.165) is 18.2 Å². The highest BCUT2D eigenvalue weighted by Gasteiger charge is 2.15. The summed E-state index contributed by atoms with van der Waals surface area (Å²) in [6.45, 7) is 0. The molecule has 0 saturated heterocycles. The predicted octanol–water partition coefficient (Wildman–Crippen LogP) is 4.26. The Balaban J connectivity index is 2.27. The molecular weight excluding hydrogens is 303 g/mol. The van der Waals surface area contributed by atoms with Crippen LogP contribution in [0.3, 0.4) is 0 Å². The molecule has 0 fully saturated rings. The molecule has 0 bridgehead atoms. The maximum atomic E-state index is 13.2. The van der Waals surface area contributed by atoms with Gasteiger partial charge in [-0.3, -0.25) is 10.1 Å². The first kappa shape index (κ1) is 14.6. The summed E-state index contributed by atoms with van der Waals surface area (Å²) in [5.41, 5.74) is 6.46. The van der Waals surface area contributed by atoms with Gasteiger partial charge in [0, 0.05) is 28.0 Å². The Morgan fingerprint density at radius 2 is 2.10 bits per heavy atom. The van der Waals surface area contributed by atoms with E-state index in [1.807, 2.05) is 0 Å². The Morgan fingerprint density at radius 3 is 2.75 bits per heavy atom. The number of nitrogens with zero attached hydrogens (tertiary/aromatic N) is 1. The lowest BCUT2D eigenvalue weighted by Crippen LogP contribution is -1.96. The molecule has 0 atom stereocenters. The first-order valence-corrected chi connectivity index (χ1v) is 6.95. The molecule has 4 nitrogen and oxygen atoms in total. The van der Waals surface area contributed by atoms with E-state index in [0.29, 0.717) is 21.2 Å². The highest BCUT2D eigenvalue weighted by atomic mass is 35.5. The maximum absolute atomic E-state index is 13.2. The molecule has 0 heterocycles. The van der Waals surface area contributed by atoms with Crippen molar-refractivity contribution in [2.45, 2.75) is 10.6 Å². The summed E-state index contributed by atoms with van der Waals surface area (Å²) in [4.78, 5) is 11.0. The minimum absolute atomic E-state index is 0.121. The van der Waals surface area contributed by atoms with Crippen LogP contribution in [0.4, 0.5) is 15.8 Å². The number of hydrogen-bond acceptors (Lipinski definition) is 4. The zero-order valence-corrected chi connectivity index (χ0v) is 11.7. The van der Waals surface area contributed by atoms with Crippen molar-refractivity contribution in [2.75, 3.05) is 5.73 Å². The van der Waals surface area contributed by atoms with E-state index in [1.54, 1.807) is 18.2 Å². The number of nitrogens with two attached hydrogens (primary N) is 1. The molecule has 2 aromatic carbocycles. The van der Waals surface area contributed by atoms with Gasteiger partial charge in [0.1, 0.15) is 5.82 Å². The molecule has 2 N–H and O–H groups in total. The van der Waals surface area contributed by atoms with Crippen molar-refractivity contribution < 1.29 is 9.31 Å². The summed E-state index contributed by atoms with van der Waals surface area (Å²) in [5.74, 6) is -0.305. The van der Waals surface area contributed by atoms with Crippen molar-refractivity contribution in [3.8, 4) is 0 Å². The molecular formula is C13H10ClFN2O2S. The van der Waals surface area contributed by atoms with E-state index in [2.05, 4.69) is 0 Å². The molecule has 104 valence electrons. The highest BCUT2D eigenvalue weighted by Crippen LogP contribution is 2.36. The molecule has 2 aromatic rings. The van der Waals surface area contributed by atoms with Crippen LogP contribution in [0.5, 0.6) is 0 Å². The fourth-order valence-electron chi connectivity index (χ4n) is 1.68. The van der Waals surface area contributed by atoms with E-state index in [4.69, 9.17) is 17.3 Å². The quantitative estimate of drug-likeness (QED) is 0.396. The third-order valence-corrected chi connectivity index (χ3v) is 4.23. The molecule has 20 heavy (non-hydrogen) atoms. The second-order valence-electron chi connectivity index (χ2n) is 3.98. The number of nitrogen functional groups attached to an aromatic ring is 1. The molecule has 0 unspecified atom stereocenters. The van der Waals surface area contributed by atoms with Crippen LogP contribution in [0.15, 0.2) is 41.3 Å². The topological polar surface area (TPSA) is 69.2 Å². The van der Waals surface area contributed by atoms with Gasteiger partial charge in [0.05, 0.1) is 9.95 Å². The van der Waals surface area contributed by atoms with Crippen molar-refractivity contribution in [3.63, 3.8) is 0 Å². The molecule has 0 amide bonds. The van der Waals surface area contributed by atoms with Crippen LogP contribution in [-0.2, 0) is 5.75 Å². The second kappa shape index (κ2) is 6.11. The summed E-state index contributed by atoms with van der Waals surface area (Å²) in [6.07, 6.45) is 0. The van der Waals surface area contributed by atoms with Crippen LogP contribution in [-0.4, -0.2) is 4.92 Å². The fraction of sp³-hybridized carbons (Fsp3) is 0.0769. The van der Waals surface area contributed by atoms with Gasteiger partial charge in [-0.15, -0.1) is 11.8 Å². The van der Waals surface area contributed by atoms with Crippen LogP contribution >= 0.6 is 23.4 Å².